The van der Waals surface area contributed by atoms with Crippen LogP contribution in [0.3, 0.4) is 0 Å². The lowest BCUT2D eigenvalue weighted by molar-refractivity contribution is 0.0696. The summed E-state index contributed by atoms with van der Waals surface area (Å²) in [5.74, 6) is -0.384. The summed E-state index contributed by atoms with van der Waals surface area (Å²) in [5.41, 5.74) is 1.24. The molecule has 19 heavy (non-hydrogen) atoms. The van der Waals surface area contributed by atoms with Gasteiger partial charge < -0.3 is 9.84 Å². The zero-order valence-corrected chi connectivity index (χ0v) is 12.9. The van der Waals surface area contributed by atoms with Crippen molar-refractivity contribution in [3.05, 3.63) is 62.5 Å². The van der Waals surface area contributed by atoms with E-state index in [-0.39, 0.29) is 5.56 Å². The first kappa shape index (κ1) is 14.1. The zero-order chi connectivity index (χ0) is 13.8. The van der Waals surface area contributed by atoms with Gasteiger partial charge in [-0.05, 0) is 49.6 Å². The molecule has 0 unspecified atom stereocenters. The Morgan fingerprint density at radius 3 is 2.21 bits per heavy atom. The molecule has 0 saturated heterocycles. The Balaban J connectivity index is 2.19. The van der Waals surface area contributed by atoms with Gasteiger partial charge in [0.1, 0.15) is 12.4 Å². The van der Waals surface area contributed by atoms with E-state index in [4.69, 9.17) is 9.84 Å². The molecule has 0 aromatic heterocycles. The van der Waals surface area contributed by atoms with Crippen LogP contribution in [0.2, 0.25) is 0 Å². The lowest BCUT2D eigenvalue weighted by Gasteiger charge is -2.11. The molecule has 2 aromatic rings. The van der Waals surface area contributed by atoms with Crippen molar-refractivity contribution in [2.45, 2.75) is 6.61 Å². The van der Waals surface area contributed by atoms with Gasteiger partial charge in [-0.2, -0.15) is 0 Å². The Labute approximate surface area is 127 Å². The average molecular weight is 386 g/mol. The third-order valence-electron chi connectivity index (χ3n) is 2.47. The van der Waals surface area contributed by atoms with Crippen molar-refractivity contribution >= 4 is 37.8 Å². The number of ether oxygens (including phenoxy) is 1. The number of hydrogen-bond acceptors (Lipinski definition) is 2. The average Bonchev–Trinajstić information content (AvgIpc) is 2.38. The Kier molecular flexibility index (Phi) is 4.61. The van der Waals surface area contributed by atoms with Crippen LogP contribution in [0.25, 0.3) is 0 Å². The third-order valence-corrected chi connectivity index (χ3v) is 3.65. The van der Waals surface area contributed by atoms with E-state index in [1.807, 2.05) is 30.3 Å². The molecule has 2 aromatic carbocycles. The Hall–Kier alpha value is -1.33. The molecule has 2 rings (SSSR count). The SMILES string of the molecule is O=C(O)c1cc(Br)c(OCc2ccccc2)c(Br)c1. The van der Waals surface area contributed by atoms with Crippen LogP contribution < -0.4 is 4.74 Å². The second-order valence-electron chi connectivity index (χ2n) is 3.85. The number of rotatable bonds is 4. The highest BCUT2D eigenvalue weighted by atomic mass is 79.9. The van der Waals surface area contributed by atoms with Crippen LogP contribution >= 0.6 is 31.9 Å². The number of carboxylic acids is 1. The molecule has 98 valence electrons. The standard InChI is InChI=1S/C14H10Br2O3/c15-11-6-10(14(17)18)7-12(16)13(11)19-8-9-4-2-1-3-5-9/h1-7H,8H2,(H,17,18). The first-order valence-electron chi connectivity index (χ1n) is 5.47. The van der Waals surface area contributed by atoms with E-state index in [1.54, 1.807) is 0 Å². The molecule has 0 aliphatic carbocycles. The lowest BCUT2D eigenvalue weighted by atomic mass is 10.2. The van der Waals surface area contributed by atoms with Gasteiger partial charge in [0.2, 0.25) is 0 Å². The second-order valence-corrected chi connectivity index (χ2v) is 5.56. The molecule has 3 nitrogen and oxygen atoms in total. The number of carbonyl (C=O) groups is 1. The second kappa shape index (κ2) is 6.21. The summed E-state index contributed by atoms with van der Waals surface area (Å²) < 4.78 is 6.92. The number of aromatic carboxylic acids is 1. The van der Waals surface area contributed by atoms with E-state index in [1.165, 1.54) is 12.1 Å². The predicted molar refractivity (Wildman–Crippen MR) is 79.6 cm³/mol. The summed E-state index contributed by atoms with van der Waals surface area (Å²) in [6.07, 6.45) is 0. The summed E-state index contributed by atoms with van der Waals surface area (Å²) in [5, 5.41) is 8.95. The molecule has 0 aliphatic rings. The van der Waals surface area contributed by atoms with Gasteiger partial charge in [-0.1, -0.05) is 30.3 Å². The molecule has 0 amide bonds. The summed E-state index contributed by atoms with van der Waals surface area (Å²) in [6.45, 7) is 0.421. The van der Waals surface area contributed by atoms with Crippen molar-refractivity contribution < 1.29 is 14.6 Å². The molecule has 0 saturated carbocycles. The Bertz CT molecular complexity index is 574. The van der Waals surface area contributed by atoms with E-state index < -0.39 is 5.97 Å². The van der Waals surface area contributed by atoms with Crippen LogP contribution in [0.5, 0.6) is 5.75 Å². The molecular formula is C14H10Br2O3. The number of halogens is 2. The van der Waals surface area contributed by atoms with Crippen LogP contribution in [-0.2, 0) is 6.61 Å². The third kappa shape index (κ3) is 3.58. The maximum atomic E-state index is 10.9. The largest absolute Gasteiger partial charge is 0.487 e. The first-order valence-corrected chi connectivity index (χ1v) is 7.05. The fourth-order valence-corrected chi connectivity index (χ4v) is 2.97. The molecule has 0 bridgehead atoms. The summed E-state index contributed by atoms with van der Waals surface area (Å²) >= 11 is 6.64. The van der Waals surface area contributed by atoms with Crippen LogP contribution in [0.1, 0.15) is 15.9 Å². The van der Waals surface area contributed by atoms with Gasteiger partial charge in [-0.3, -0.25) is 0 Å². The Morgan fingerprint density at radius 2 is 1.68 bits per heavy atom. The van der Waals surface area contributed by atoms with E-state index in [2.05, 4.69) is 31.9 Å². The molecular weight excluding hydrogens is 376 g/mol. The molecule has 0 fully saturated rings. The van der Waals surface area contributed by atoms with Crippen molar-refractivity contribution in [2.24, 2.45) is 0 Å². The van der Waals surface area contributed by atoms with Gasteiger partial charge in [0.25, 0.3) is 0 Å². The summed E-state index contributed by atoms with van der Waals surface area (Å²) in [4.78, 5) is 10.9. The van der Waals surface area contributed by atoms with Crippen LogP contribution in [0, 0.1) is 0 Å². The normalized spacial score (nSPS) is 10.2. The number of benzene rings is 2. The highest BCUT2D eigenvalue weighted by Gasteiger charge is 2.12. The van der Waals surface area contributed by atoms with Gasteiger partial charge in [0.05, 0.1) is 14.5 Å². The zero-order valence-electron chi connectivity index (χ0n) is 9.77. The smallest absolute Gasteiger partial charge is 0.335 e. The van der Waals surface area contributed by atoms with E-state index in [9.17, 15) is 4.79 Å². The molecule has 5 heteroatoms. The van der Waals surface area contributed by atoms with E-state index in [0.717, 1.165) is 5.56 Å². The van der Waals surface area contributed by atoms with Crippen LogP contribution in [0.15, 0.2) is 51.4 Å². The van der Waals surface area contributed by atoms with Gasteiger partial charge in [0, 0.05) is 0 Å². The predicted octanol–water partition coefficient (Wildman–Crippen LogP) is 4.49. The lowest BCUT2D eigenvalue weighted by Crippen LogP contribution is -2.00. The van der Waals surface area contributed by atoms with Crippen molar-refractivity contribution in [1.82, 2.24) is 0 Å². The minimum absolute atomic E-state index is 0.200. The van der Waals surface area contributed by atoms with Crippen LogP contribution in [0.4, 0.5) is 0 Å². The summed E-state index contributed by atoms with van der Waals surface area (Å²) in [6, 6.07) is 12.8. The molecule has 1 N–H and O–H groups in total. The molecule has 0 radical (unpaired) electrons. The quantitative estimate of drug-likeness (QED) is 0.843. The maximum absolute atomic E-state index is 10.9. The number of carboxylic acid groups (broad SMARTS) is 1. The fraction of sp³-hybridized carbons (Fsp3) is 0.0714. The molecule has 0 spiro atoms. The fourth-order valence-electron chi connectivity index (χ4n) is 1.55. The van der Waals surface area contributed by atoms with Gasteiger partial charge in [0.15, 0.2) is 0 Å². The highest BCUT2D eigenvalue weighted by Crippen LogP contribution is 2.35. The van der Waals surface area contributed by atoms with Gasteiger partial charge in [-0.25, -0.2) is 4.79 Å². The summed E-state index contributed by atoms with van der Waals surface area (Å²) in [7, 11) is 0. The number of hydrogen-bond donors (Lipinski definition) is 1. The minimum Gasteiger partial charge on any atom is -0.487 e. The van der Waals surface area contributed by atoms with Crippen molar-refractivity contribution in [2.75, 3.05) is 0 Å². The van der Waals surface area contributed by atoms with Gasteiger partial charge >= 0.3 is 5.97 Å². The molecule has 0 aliphatic heterocycles. The highest BCUT2D eigenvalue weighted by molar-refractivity contribution is 9.11. The van der Waals surface area contributed by atoms with Crippen molar-refractivity contribution in [3.8, 4) is 5.75 Å². The van der Waals surface area contributed by atoms with Gasteiger partial charge in [-0.15, -0.1) is 0 Å². The Morgan fingerprint density at radius 1 is 1.11 bits per heavy atom. The van der Waals surface area contributed by atoms with E-state index in [0.29, 0.717) is 21.3 Å². The maximum Gasteiger partial charge on any atom is 0.335 e. The van der Waals surface area contributed by atoms with Crippen molar-refractivity contribution in [3.63, 3.8) is 0 Å². The molecule has 0 atom stereocenters. The minimum atomic E-state index is -0.976. The van der Waals surface area contributed by atoms with Crippen molar-refractivity contribution in [1.29, 1.82) is 0 Å². The topological polar surface area (TPSA) is 46.5 Å². The first-order chi connectivity index (χ1) is 9.08. The van der Waals surface area contributed by atoms with Crippen LogP contribution in [-0.4, -0.2) is 11.1 Å². The monoisotopic (exact) mass is 384 g/mol. The molecule has 0 heterocycles. The van der Waals surface area contributed by atoms with E-state index >= 15 is 0 Å².